The molecule has 160 valence electrons. The predicted molar refractivity (Wildman–Crippen MR) is 129 cm³/mol. The van der Waals surface area contributed by atoms with Gasteiger partial charge in [0.2, 0.25) is 0 Å². The van der Waals surface area contributed by atoms with Crippen LogP contribution in [-0.2, 0) is 16.0 Å². The van der Waals surface area contributed by atoms with Crippen LogP contribution in [0.25, 0.3) is 10.9 Å². The quantitative estimate of drug-likeness (QED) is 0.232. The molecule has 1 aromatic heterocycles. The molecule has 0 aliphatic carbocycles. The lowest BCUT2D eigenvalue weighted by atomic mass is 10.0. The number of pyridine rings is 1. The number of fused-ring (bicyclic) bond motifs is 1. The Bertz CT molecular complexity index is 745. The van der Waals surface area contributed by atoms with E-state index in [0.717, 1.165) is 81.2 Å². The summed E-state index contributed by atoms with van der Waals surface area (Å²) in [6.07, 6.45) is 5.04. The zero-order chi connectivity index (χ0) is 19.4. The van der Waals surface area contributed by atoms with Gasteiger partial charge in [0.25, 0.3) is 0 Å². The van der Waals surface area contributed by atoms with Gasteiger partial charge in [-0.1, -0.05) is 24.3 Å². The summed E-state index contributed by atoms with van der Waals surface area (Å²) in [5.74, 6) is 1.50. The first-order valence-corrected chi connectivity index (χ1v) is 10.4. The standard InChI is InChI=1S/C22H32N4O2.HI/c1-2-23-22(25-12-5-13-28-17-18-9-14-27-15-10-18)26-16-20-7-3-6-19-8-4-11-24-21(19)20;/h3-4,6-8,11,18H,2,5,9-10,12-17H2,1H3,(H2,23,25,26);1H. The van der Waals surface area contributed by atoms with Crippen molar-refractivity contribution in [2.75, 3.05) is 39.5 Å². The van der Waals surface area contributed by atoms with Crippen molar-refractivity contribution in [3.05, 3.63) is 42.1 Å². The molecule has 2 aromatic rings. The number of nitrogens with zero attached hydrogens (tertiary/aromatic N) is 2. The molecule has 1 aliphatic heterocycles. The minimum atomic E-state index is 0. The monoisotopic (exact) mass is 512 g/mol. The lowest BCUT2D eigenvalue weighted by Crippen LogP contribution is -2.38. The van der Waals surface area contributed by atoms with Gasteiger partial charge >= 0.3 is 0 Å². The Morgan fingerprint density at radius 1 is 1.21 bits per heavy atom. The molecule has 0 radical (unpaired) electrons. The number of nitrogens with one attached hydrogen (secondary N) is 2. The number of hydrogen-bond donors (Lipinski definition) is 2. The van der Waals surface area contributed by atoms with Crippen molar-refractivity contribution >= 4 is 40.8 Å². The molecule has 7 heteroatoms. The summed E-state index contributed by atoms with van der Waals surface area (Å²) in [6, 6.07) is 10.3. The van der Waals surface area contributed by atoms with Crippen LogP contribution < -0.4 is 10.6 Å². The van der Waals surface area contributed by atoms with Gasteiger partial charge in [0.05, 0.1) is 12.1 Å². The van der Waals surface area contributed by atoms with E-state index in [4.69, 9.17) is 14.5 Å². The molecule has 3 rings (SSSR count). The average Bonchev–Trinajstić information content (AvgIpc) is 2.75. The fraction of sp³-hybridized carbons (Fsp3) is 0.545. The van der Waals surface area contributed by atoms with Gasteiger partial charge in [0.15, 0.2) is 5.96 Å². The third-order valence-electron chi connectivity index (χ3n) is 4.92. The van der Waals surface area contributed by atoms with E-state index in [1.807, 2.05) is 12.3 Å². The summed E-state index contributed by atoms with van der Waals surface area (Å²) in [4.78, 5) is 9.23. The van der Waals surface area contributed by atoms with E-state index in [1.54, 1.807) is 0 Å². The number of halogens is 1. The van der Waals surface area contributed by atoms with Crippen molar-refractivity contribution in [3.8, 4) is 0 Å². The van der Waals surface area contributed by atoms with E-state index in [-0.39, 0.29) is 24.0 Å². The van der Waals surface area contributed by atoms with Crippen molar-refractivity contribution in [2.24, 2.45) is 10.9 Å². The third-order valence-corrected chi connectivity index (χ3v) is 4.92. The number of aliphatic imine (C=N–C) groups is 1. The molecule has 0 atom stereocenters. The molecule has 0 unspecified atom stereocenters. The zero-order valence-electron chi connectivity index (χ0n) is 17.2. The Kier molecular flexibility index (Phi) is 11.3. The van der Waals surface area contributed by atoms with Crippen LogP contribution in [0, 0.1) is 5.92 Å². The van der Waals surface area contributed by atoms with E-state index in [2.05, 4.69) is 46.8 Å². The van der Waals surface area contributed by atoms with Gasteiger partial charge in [-0.05, 0) is 43.7 Å². The molecule has 2 N–H and O–H groups in total. The molecular formula is C22H33IN4O2. The number of rotatable bonds is 9. The lowest BCUT2D eigenvalue weighted by molar-refractivity contribution is 0.0203. The fourth-order valence-electron chi connectivity index (χ4n) is 3.35. The van der Waals surface area contributed by atoms with Crippen molar-refractivity contribution in [1.29, 1.82) is 0 Å². The first-order valence-electron chi connectivity index (χ1n) is 10.4. The highest BCUT2D eigenvalue weighted by molar-refractivity contribution is 14.0. The number of aromatic nitrogens is 1. The van der Waals surface area contributed by atoms with Crippen molar-refractivity contribution in [2.45, 2.75) is 32.7 Å². The fourth-order valence-corrected chi connectivity index (χ4v) is 3.35. The minimum absolute atomic E-state index is 0. The summed E-state index contributed by atoms with van der Waals surface area (Å²) in [5.41, 5.74) is 2.15. The van der Waals surface area contributed by atoms with Gasteiger partial charge in [-0.25, -0.2) is 4.99 Å². The number of ether oxygens (including phenoxy) is 2. The number of benzene rings is 1. The van der Waals surface area contributed by atoms with Gasteiger partial charge in [-0.2, -0.15) is 0 Å². The average molecular weight is 512 g/mol. The third kappa shape index (κ3) is 8.06. The van der Waals surface area contributed by atoms with Crippen molar-refractivity contribution < 1.29 is 9.47 Å². The maximum absolute atomic E-state index is 5.83. The van der Waals surface area contributed by atoms with E-state index in [9.17, 15) is 0 Å². The molecule has 6 nitrogen and oxygen atoms in total. The van der Waals surface area contributed by atoms with Crippen LogP contribution in [0.1, 0.15) is 31.7 Å². The number of hydrogen-bond acceptors (Lipinski definition) is 4. The van der Waals surface area contributed by atoms with Crippen LogP contribution in [0.15, 0.2) is 41.5 Å². The summed E-state index contributed by atoms with van der Waals surface area (Å²) < 4.78 is 11.2. The topological polar surface area (TPSA) is 67.8 Å². The second-order valence-electron chi connectivity index (χ2n) is 7.10. The van der Waals surface area contributed by atoms with Gasteiger partial charge in [0, 0.05) is 51.1 Å². The lowest BCUT2D eigenvalue weighted by Gasteiger charge is -2.21. The van der Waals surface area contributed by atoms with Crippen molar-refractivity contribution in [3.63, 3.8) is 0 Å². The van der Waals surface area contributed by atoms with E-state index in [0.29, 0.717) is 12.5 Å². The molecule has 0 spiro atoms. The first kappa shape index (κ1) is 23.8. The van der Waals surface area contributed by atoms with Gasteiger partial charge in [-0.3, -0.25) is 4.98 Å². The molecular weight excluding hydrogens is 479 g/mol. The highest BCUT2D eigenvalue weighted by atomic mass is 127. The van der Waals surface area contributed by atoms with Crippen LogP contribution in [0.5, 0.6) is 0 Å². The normalized spacial score (nSPS) is 15.1. The first-order chi connectivity index (χ1) is 13.9. The molecule has 1 aliphatic rings. The van der Waals surface area contributed by atoms with Crippen LogP contribution in [0.3, 0.4) is 0 Å². The summed E-state index contributed by atoms with van der Waals surface area (Å²) >= 11 is 0. The Hall–Kier alpha value is -1.45. The van der Waals surface area contributed by atoms with E-state index >= 15 is 0 Å². The highest BCUT2D eigenvalue weighted by Crippen LogP contribution is 2.16. The number of guanidine groups is 1. The molecule has 0 saturated carbocycles. The summed E-state index contributed by atoms with van der Waals surface area (Å²) in [5, 5.41) is 7.85. The Morgan fingerprint density at radius 3 is 2.86 bits per heavy atom. The van der Waals surface area contributed by atoms with Gasteiger partial charge in [0.1, 0.15) is 0 Å². The SMILES string of the molecule is CCNC(=NCc1cccc2cccnc12)NCCCOCC1CCOCC1.I. The Balaban J connectivity index is 0.00000300. The van der Waals surface area contributed by atoms with Crippen LogP contribution in [-0.4, -0.2) is 50.5 Å². The predicted octanol–water partition coefficient (Wildman–Crippen LogP) is 3.74. The van der Waals surface area contributed by atoms with E-state index in [1.165, 1.54) is 0 Å². The Morgan fingerprint density at radius 2 is 2.03 bits per heavy atom. The smallest absolute Gasteiger partial charge is 0.191 e. The molecule has 2 heterocycles. The number of para-hydroxylation sites is 1. The molecule has 1 fully saturated rings. The molecule has 0 amide bonds. The highest BCUT2D eigenvalue weighted by Gasteiger charge is 2.13. The van der Waals surface area contributed by atoms with E-state index < -0.39 is 0 Å². The second kappa shape index (κ2) is 13.7. The van der Waals surface area contributed by atoms with Crippen molar-refractivity contribution in [1.82, 2.24) is 15.6 Å². The Labute approximate surface area is 190 Å². The molecule has 0 bridgehead atoms. The zero-order valence-corrected chi connectivity index (χ0v) is 19.6. The summed E-state index contributed by atoms with van der Waals surface area (Å²) in [7, 11) is 0. The molecule has 1 saturated heterocycles. The molecule has 1 aromatic carbocycles. The maximum Gasteiger partial charge on any atom is 0.191 e. The van der Waals surface area contributed by atoms with Gasteiger partial charge < -0.3 is 20.1 Å². The second-order valence-corrected chi connectivity index (χ2v) is 7.10. The minimum Gasteiger partial charge on any atom is -0.381 e. The van der Waals surface area contributed by atoms with Crippen LogP contribution in [0.2, 0.25) is 0 Å². The van der Waals surface area contributed by atoms with Gasteiger partial charge in [-0.15, -0.1) is 24.0 Å². The summed E-state index contributed by atoms with van der Waals surface area (Å²) in [6.45, 7) is 7.74. The molecule has 29 heavy (non-hydrogen) atoms. The largest absolute Gasteiger partial charge is 0.381 e. The van der Waals surface area contributed by atoms with Crippen LogP contribution in [0.4, 0.5) is 0 Å². The van der Waals surface area contributed by atoms with Crippen LogP contribution >= 0.6 is 24.0 Å². The maximum atomic E-state index is 5.83.